The molecule has 0 spiro atoms. The van der Waals surface area contributed by atoms with Crippen molar-refractivity contribution in [2.45, 2.75) is 37.1 Å². The Morgan fingerprint density at radius 2 is 2.08 bits per heavy atom. The van der Waals surface area contributed by atoms with Crippen LogP contribution in [-0.2, 0) is 14.8 Å². The second-order valence-corrected chi connectivity index (χ2v) is 7.44. The number of benzene rings is 1. The van der Waals surface area contributed by atoms with Crippen LogP contribution < -0.4 is 15.2 Å². The smallest absolute Gasteiger partial charge is 0.240 e. The normalized spacial score (nSPS) is 17.9. The second kappa shape index (κ2) is 8.46. The van der Waals surface area contributed by atoms with E-state index in [-0.39, 0.29) is 29.8 Å². The maximum Gasteiger partial charge on any atom is 0.240 e. The van der Waals surface area contributed by atoms with Crippen LogP contribution in [0.1, 0.15) is 26.2 Å². The Hall–Kier alpha value is -1.64. The number of rotatable bonds is 8. The first-order valence-corrected chi connectivity index (χ1v) is 9.68. The van der Waals surface area contributed by atoms with E-state index in [0.717, 1.165) is 12.8 Å². The van der Waals surface area contributed by atoms with Crippen molar-refractivity contribution in [3.63, 3.8) is 0 Å². The standard InChI is InChI=1S/C16H25N3O4S/c1-2-23-14-5-7-15(8-6-14)24(21,22)18-10-9-16(20)19-11-3-4-13(19)12-17/h5-8,13,18H,2-4,9-12,17H2,1H3. The van der Waals surface area contributed by atoms with Crippen LogP contribution >= 0.6 is 0 Å². The summed E-state index contributed by atoms with van der Waals surface area (Å²) in [5, 5.41) is 0. The number of hydrogen-bond acceptors (Lipinski definition) is 5. The van der Waals surface area contributed by atoms with Gasteiger partial charge in [-0.15, -0.1) is 0 Å². The molecule has 3 N–H and O–H groups in total. The molecule has 134 valence electrons. The van der Waals surface area contributed by atoms with Crippen LogP contribution in [0.2, 0.25) is 0 Å². The fraction of sp³-hybridized carbons (Fsp3) is 0.562. The van der Waals surface area contributed by atoms with Gasteiger partial charge in [0, 0.05) is 32.1 Å². The highest BCUT2D eigenvalue weighted by Gasteiger charge is 2.27. The molecule has 1 aliphatic rings. The molecule has 0 aromatic heterocycles. The molecule has 24 heavy (non-hydrogen) atoms. The molecule has 1 fully saturated rings. The number of carbonyl (C=O) groups is 1. The molecule has 0 aliphatic carbocycles. The number of amides is 1. The lowest BCUT2D eigenvalue weighted by Gasteiger charge is -2.23. The average molecular weight is 355 g/mol. The van der Waals surface area contributed by atoms with Crippen molar-refractivity contribution in [3.8, 4) is 5.75 Å². The quantitative estimate of drug-likeness (QED) is 0.715. The molecule has 1 heterocycles. The summed E-state index contributed by atoms with van der Waals surface area (Å²) >= 11 is 0. The van der Waals surface area contributed by atoms with E-state index in [0.29, 0.717) is 25.4 Å². The van der Waals surface area contributed by atoms with Crippen molar-refractivity contribution in [1.82, 2.24) is 9.62 Å². The molecular formula is C16H25N3O4S. The maximum atomic E-state index is 12.2. The molecule has 2 rings (SSSR count). The molecule has 1 aromatic rings. The number of carbonyl (C=O) groups excluding carboxylic acids is 1. The minimum Gasteiger partial charge on any atom is -0.494 e. The number of hydrogen-bond donors (Lipinski definition) is 2. The molecule has 1 aliphatic heterocycles. The van der Waals surface area contributed by atoms with Crippen LogP contribution in [0.25, 0.3) is 0 Å². The highest BCUT2D eigenvalue weighted by Crippen LogP contribution is 2.18. The minimum atomic E-state index is -3.63. The van der Waals surface area contributed by atoms with Crippen LogP contribution in [0.15, 0.2) is 29.2 Å². The van der Waals surface area contributed by atoms with E-state index in [1.54, 1.807) is 17.0 Å². The average Bonchev–Trinajstić information content (AvgIpc) is 3.04. The Morgan fingerprint density at radius 3 is 2.71 bits per heavy atom. The Bertz CT molecular complexity index is 646. The molecule has 1 atom stereocenters. The zero-order valence-corrected chi connectivity index (χ0v) is 14.7. The molecule has 1 amide bonds. The second-order valence-electron chi connectivity index (χ2n) is 5.67. The number of nitrogens with one attached hydrogen (secondary N) is 1. The zero-order valence-electron chi connectivity index (χ0n) is 13.9. The minimum absolute atomic E-state index is 0.0580. The van der Waals surface area contributed by atoms with E-state index in [2.05, 4.69) is 4.72 Å². The van der Waals surface area contributed by atoms with Crippen LogP contribution in [0, 0.1) is 0 Å². The van der Waals surface area contributed by atoms with E-state index in [1.165, 1.54) is 12.1 Å². The van der Waals surface area contributed by atoms with Crippen molar-refractivity contribution in [2.75, 3.05) is 26.2 Å². The van der Waals surface area contributed by atoms with Gasteiger partial charge in [-0.1, -0.05) is 0 Å². The number of ether oxygens (including phenoxy) is 1. The summed E-state index contributed by atoms with van der Waals surface area (Å²) in [4.78, 5) is 14.1. The largest absolute Gasteiger partial charge is 0.494 e. The lowest BCUT2D eigenvalue weighted by molar-refractivity contribution is -0.131. The Morgan fingerprint density at radius 1 is 1.38 bits per heavy atom. The topological polar surface area (TPSA) is 102 Å². The van der Waals surface area contributed by atoms with E-state index >= 15 is 0 Å². The highest BCUT2D eigenvalue weighted by molar-refractivity contribution is 7.89. The van der Waals surface area contributed by atoms with E-state index in [9.17, 15) is 13.2 Å². The molecule has 0 radical (unpaired) electrons. The van der Waals surface area contributed by atoms with Crippen LogP contribution in [0.4, 0.5) is 0 Å². The summed E-state index contributed by atoms with van der Waals surface area (Å²) in [6.45, 7) is 3.60. The first kappa shape index (κ1) is 18.7. The number of nitrogens with two attached hydrogens (primary N) is 1. The molecular weight excluding hydrogens is 330 g/mol. The third kappa shape index (κ3) is 4.68. The molecule has 7 nitrogen and oxygen atoms in total. The first-order valence-electron chi connectivity index (χ1n) is 8.20. The summed E-state index contributed by atoms with van der Waals surface area (Å²) in [5.74, 6) is 0.561. The van der Waals surface area contributed by atoms with Crippen LogP contribution in [0.3, 0.4) is 0 Å². The van der Waals surface area contributed by atoms with Gasteiger partial charge in [-0.25, -0.2) is 13.1 Å². The summed E-state index contributed by atoms with van der Waals surface area (Å²) in [6.07, 6.45) is 2.00. The van der Waals surface area contributed by atoms with Gasteiger partial charge in [0.2, 0.25) is 15.9 Å². The summed E-state index contributed by atoms with van der Waals surface area (Å²) in [5.41, 5.74) is 5.65. The van der Waals surface area contributed by atoms with Crippen molar-refractivity contribution >= 4 is 15.9 Å². The lowest BCUT2D eigenvalue weighted by atomic mass is 10.2. The molecule has 8 heteroatoms. The highest BCUT2D eigenvalue weighted by atomic mass is 32.2. The Balaban J connectivity index is 1.87. The summed E-state index contributed by atoms with van der Waals surface area (Å²) < 4.78 is 32.2. The van der Waals surface area contributed by atoms with Gasteiger partial charge in [0.15, 0.2) is 0 Å². The van der Waals surface area contributed by atoms with E-state index < -0.39 is 10.0 Å². The fourth-order valence-corrected chi connectivity index (χ4v) is 3.84. The van der Waals surface area contributed by atoms with E-state index in [4.69, 9.17) is 10.5 Å². The lowest BCUT2D eigenvalue weighted by Crippen LogP contribution is -2.41. The van der Waals surface area contributed by atoms with E-state index in [1.807, 2.05) is 6.92 Å². The zero-order chi connectivity index (χ0) is 17.6. The SMILES string of the molecule is CCOc1ccc(S(=O)(=O)NCCC(=O)N2CCCC2CN)cc1. The number of sulfonamides is 1. The van der Waals surface area contributed by atoms with Crippen molar-refractivity contribution in [2.24, 2.45) is 5.73 Å². The molecule has 1 saturated heterocycles. The Kier molecular flexibility index (Phi) is 6.59. The van der Waals surface area contributed by atoms with Gasteiger partial charge in [-0.3, -0.25) is 4.79 Å². The monoisotopic (exact) mass is 355 g/mol. The Labute approximate surface area is 143 Å². The van der Waals surface area contributed by atoms with Crippen molar-refractivity contribution in [1.29, 1.82) is 0 Å². The van der Waals surface area contributed by atoms with Gasteiger partial charge >= 0.3 is 0 Å². The van der Waals surface area contributed by atoms with Gasteiger partial charge < -0.3 is 15.4 Å². The third-order valence-electron chi connectivity index (χ3n) is 4.05. The van der Waals surface area contributed by atoms with Gasteiger partial charge in [0.25, 0.3) is 0 Å². The number of nitrogens with zero attached hydrogens (tertiary/aromatic N) is 1. The van der Waals surface area contributed by atoms with Gasteiger partial charge in [0.1, 0.15) is 5.75 Å². The first-order chi connectivity index (χ1) is 11.5. The van der Waals surface area contributed by atoms with Gasteiger partial charge in [0.05, 0.1) is 11.5 Å². The third-order valence-corrected chi connectivity index (χ3v) is 5.52. The predicted octanol–water partition coefficient (Wildman–Crippen LogP) is 0.703. The molecule has 0 bridgehead atoms. The predicted molar refractivity (Wildman–Crippen MR) is 91.2 cm³/mol. The molecule has 1 aromatic carbocycles. The van der Waals surface area contributed by atoms with Crippen LogP contribution in [0.5, 0.6) is 5.75 Å². The van der Waals surface area contributed by atoms with Gasteiger partial charge in [-0.05, 0) is 44.0 Å². The molecule has 1 unspecified atom stereocenters. The maximum absolute atomic E-state index is 12.2. The van der Waals surface area contributed by atoms with Gasteiger partial charge in [-0.2, -0.15) is 0 Å². The van der Waals surface area contributed by atoms with Crippen LogP contribution in [-0.4, -0.2) is 51.5 Å². The summed E-state index contributed by atoms with van der Waals surface area (Å²) in [7, 11) is -3.63. The van der Waals surface area contributed by atoms with Crippen molar-refractivity contribution in [3.05, 3.63) is 24.3 Å². The summed E-state index contributed by atoms with van der Waals surface area (Å²) in [6, 6.07) is 6.28. The molecule has 0 saturated carbocycles. The fourth-order valence-electron chi connectivity index (χ4n) is 2.81. The number of likely N-dealkylation sites (tertiary alicyclic amines) is 1. The van der Waals surface area contributed by atoms with Crippen molar-refractivity contribution < 1.29 is 17.9 Å².